The molecule has 1 saturated heterocycles. The Balaban J connectivity index is 1.89. The molecule has 0 atom stereocenters. The van der Waals surface area contributed by atoms with Crippen LogP contribution >= 0.6 is 0 Å². The molecule has 1 N–H and O–H groups in total. The maximum absolute atomic E-state index is 12.3. The SMILES string of the molecule is CCN1CCC(N(C)C(=O)Nc2ccc(C#N)cc2)CC1. The molecular formula is C16H22N4O. The molecule has 1 fully saturated rings. The van der Waals surface area contributed by atoms with Gasteiger partial charge in [0.05, 0.1) is 11.6 Å². The van der Waals surface area contributed by atoms with Crippen LogP contribution in [0.5, 0.6) is 0 Å². The van der Waals surface area contributed by atoms with Crippen molar-refractivity contribution in [3.63, 3.8) is 0 Å². The van der Waals surface area contributed by atoms with E-state index in [0.29, 0.717) is 11.6 Å². The molecule has 2 rings (SSSR count). The number of piperidine rings is 1. The van der Waals surface area contributed by atoms with E-state index in [9.17, 15) is 4.79 Å². The van der Waals surface area contributed by atoms with Crippen molar-refractivity contribution in [2.24, 2.45) is 0 Å². The number of carbonyl (C=O) groups is 1. The molecule has 5 heteroatoms. The van der Waals surface area contributed by atoms with Crippen LogP contribution in [0.3, 0.4) is 0 Å². The van der Waals surface area contributed by atoms with Crippen molar-refractivity contribution in [2.75, 3.05) is 32.0 Å². The third-order valence-corrected chi connectivity index (χ3v) is 4.14. The summed E-state index contributed by atoms with van der Waals surface area (Å²) in [6.45, 7) is 5.35. The fraction of sp³-hybridized carbons (Fsp3) is 0.500. The van der Waals surface area contributed by atoms with Gasteiger partial charge in [0.2, 0.25) is 0 Å². The van der Waals surface area contributed by atoms with Gasteiger partial charge in [-0.25, -0.2) is 4.79 Å². The van der Waals surface area contributed by atoms with Gasteiger partial charge in [-0.1, -0.05) is 6.92 Å². The highest BCUT2D eigenvalue weighted by Gasteiger charge is 2.24. The third kappa shape index (κ3) is 3.96. The van der Waals surface area contributed by atoms with E-state index >= 15 is 0 Å². The molecule has 0 aliphatic carbocycles. The lowest BCUT2D eigenvalue weighted by atomic mass is 10.0. The molecule has 5 nitrogen and oxygen atoms in total. The lowest BCUT2D eigenvalue weighted by molar-refractivity contribution is 0.145. The Bertz CT molecular complexity index is 512. The average molecular weight is 286 g/mol. The van der Waals surface area contributed by atoms with Crippen molar-refractivity contribution >= 4 is 11.7 Å². The maximum Gasteiger partial charge on any atom is 0.321 e. The van der Waals surface area contributed by atoms with Gasteiger partial charge in [0.25, 0.3) is 0 Å². The number of nitrogens with one attached hydrogen (secondary N) is 1. The fourth-order valence-corrected chi connectivity index (χ4v) is 2.63. The summed E-state index contributed by atoms with van der Waals surface area (Å²) in [6.07, 6.45) is 2.04. The minimum atomic E-state index is -0.0883. The Hall–Kier alpha value is -2.06. The van der Waals surface area contributed by atoms with Crippen molar-refractivity contribution in [3.05, 3.63) is 29.8 Å². The first kappa shape index (κ1) is 15.3. The Labute approximate surface area is 126 Å². The molecule has 1 heterocycles. The molecule has 0 saturated carbocycles. The monoisotopic (exact) mass is 286 g/mol. The fourth-order valence-electron chi connectivity index (χ4n) is 2.63. The highest BCUT2D eigenvalue weighted by atomic mass is 16.2. The Morgan fingerprint density at radius 2 is 2.00 bits per heavy atom. The molecule has 21 heavy (non-hydrogen) atoms. The number of urea groups is 1. The predicted octanol–water partition coefficient (Wildman–Crippen LogP) is 2.51. The number of benzene rings is 1. The molecule has 112 valence electrons. The van der Waals surface area contributed by atoms with Gasteiger partial charge in [0.15, 0.2) is 0 Å². The summed E-state index contributed by atoms with van der Waals surface area (Å²) in [5.41, 5.74) is 1.31. The average Bonchev–Trinajstić information content (AvgIpc) is 2.55. The number of carbonyl (C=O) groups excluding carboxylic acids is 1. The first-order valence-electron chi connectivity index (χ1n) is 7.40. The molecule has 1 aliphatic rings. The lowest BCUT2D eigenvalue weighted by Crippen LogP contribution is -2.46. The molecular weight excluding hydrogens is 264 g/mol. The Morgan fingerprint density at radius 1 is 1.38 bits per heavy atom. The molecule has 0 aromatic heterocycles. The first-order valence-corrected chi connectivity index (χ1v) is 7.40. The zero-order chi connectivity index (χ0) is 15.2. The predicted molar refractivity (Wildman–Crippen MR) is 83.1 cm³/mol. The molecule has 1 aromatic rings. The van der Waals surface area contributed by atoms with Gasteiger partial charge in [0.1, 0.15) is 0 Å². The first-order chi connectivity index (χ1) is 10.1. The third-order valence-electron chi connectivity index (χ3n) is 4.14. The summed E-state index contributed by atoms with van der Waals surface area (Å²) >= 11 is 0. The van der Waals surface area contributed by atoms with Crippen LogP contribution in [0.4, 0.5) is 10.5 Å². The zero-order valence-electron chi connectivity index (χ0n) is 12.7. The molecule has 1 aliphatic heterocycles. The van der Waals surface area contributed by atoms with E-state index in [1.165, 1.54) is 0 Å². The number of anilines is 1. The van der Waals surface area contributed by atoms with Crippen molar-refractivity contribution in [3.8, 4) is 6.07 Å². The minimum Gasteiger partial charge on any atom is -0.325 e. The number of nitriles is 1. The van der Waals surface area contributed by atoms with Crippen molar-refractivity contribution in [1.82, 2.24) is 9.80 Å². The zero-order valence-corrected chi connectivity index (χ0v) is 12.7. The van der Waals surface area contributed by atoms with E-state index in [0.717, 1.165) is 38.2 Å². The van der Waals surface area contributed by atoms with Gasteiger partial charge >= 0.3 is 6.03 Å². The number of rotatable bonds is 3. The summed E-state index contributed by atoms with van der Waals surface area (Å²) in [5.74, 6) is 0. The number of nitrogens with zero attached hydrogens (tertiary/aromatic N) is 3. The van der Waals surface area contributed by atoms with Crippen molar-refractivity contribution in [2.45, 2.75) is 25.8 Å². The number of hydrogen-bond donors (Lipinski definition) is 1. The topological polar surface area (TPSA) is 59.4 Å². The van der Waals surface area contributed by atoms with Gasteiger partial charge in [-0.05, 0) is 43.7 Å². The van der Waals surface area contributed by atoms with Crippen LogP contribution in [0.1, 0.15) is 25.3 Å². The second-order valence-corrected chi connectivity index (χ2v) is 5.40. The van der Waals surface area contributed by atoms with E-state index in [1.54, 1.807) is 29.2 Å². The standard InChI is InChI=1S/C16H22N4O/c1-3-20-10-8-15(9-11-20)19(2)16(21)18-14-6-4-13(12-17)5-7-14/h4-7,15H,3,8-11H2,1-2H3,(H,18,21). The van der Waals surface area contributed by atoms with Gasteiger partial charge < -0.3 is 15.1 Å². The van der Waals surface area contributed by atoms with Gasteiger partial charge in [-0.2, -0.15) is 5.26 Å². The summed E-state index contributed by atoms with van der Waals surface area (Å²) in [4.78, 5) is 16.5. The van der Waals surface area contributed by atoms with Crippen LogP contribution in [0.25, 0.3) is 0 Å². The molecule has 2 amide bonds. The normalized spacial score (nSPS) is 16.2. The number of amides is 2. The van der Waals surface area contributed by atoms with Gasteiger partial charge in [-0.15, -0.1) is 0 Å². The second kappa shape index (κ2) is 7.09. The largest absolute Gasteiger partial charge is 0.325 e. The van der Waals surface area contributed by atoms with Crippen LogP contribution in [-0.4, -0.2) is 48.6 Å². The van der Waals surface area contributed by atoms with Crippen LogP contribution in [0, 0.1) is 11.3 Å². The molecule has 0 spiro atoms. The van der Waals surface area contributed by atoms with E-state index < -0.39 is 0 Å². The molecule has 0 radical (unpaired) electrons. The van der Waals surface area contributed by atoms with Crippen LogP contribution < -0.4 is 5.32 Å². The van der Waals surface area contributed by atoms with E-state index in [1.807, 2.05) is 7.05 Å². The highest BCUT2D eigenvalue weighted by molar-refractivity contribution is 5.89. The Morgan fingerprint density at radius 3 is 2.52 bits per heavy atom. The smallest absolute Gasteiger partial charge is 0.321 e. The van der Waals surface area contributed by atoms with Gasteiger partial charge in [-0.3, -0.25) is 0 Å². The summed E-state index contributed by atoms with van der Waals surface area (Å²) in [7, 11) is 1.85. The van der Waals surface area contributed by atoms with Crippen molar-refractivity contribution < 1.29 is 4.79 Å². The molecule has 0 unspecified atom stereocenters. The lowest BCUT2D eigenvalue weighted by Gasteiger charge is -2.36. The quantitative estimate of drug-likeness (QED) is 0.928. The van der Waals surface area contributed by atoms with E-state index in [2.05, 4.69) is 23.2 Å². The maximum atomic E-state index is 12.3. The minimum absolute atomic E-state index is 0.0883. The summed E-state index contributed by atoms with van der Waals surface area (Å²) in [5, 5.41) is 11.6. The second-order valence-electron chi connectivity index (χ2n) is 5.40. The summed E-state index contributed by atoms with van der Waals surface area (Å²) < 4.78 is 0. The van der Waals surface area contributed by atoms with Crippen LogP contribution in [0.2, 0.25) is 0 Å². The van der Waals surface area contributed by atoms with Crippen molar-refractivity contribution in [1.29, 1.82) is 5.26 Å². The van der Waals surface area contributed by atoms with E-state index in [-0.39, 0.29) is 6.03 Å². The molecule has 1 aromatic carbocycles. The molecule has 0 bridgehead atoms. The van der Waals surface area contributed by atoms with E-state index in [4.69, 9.17) is 5.26 Å². The van der Waals surface area contributed by atoms with Gasteiger partial charge in [0, 0.05) is 31.9 Å². The number of hydrogen-bond acceptors (Lipinski definition) is 3. The highest BCUT2D eigenvalue weighted by Crippen LogP contribution is 2.17. The van der Waals surface area contributed by atoms with Crippen LogP contribution in [-0.2, 0) is 0 Å². The number of likely N-dealkylation sites (tertiary alicyclic amines) is 1. The van der Waals surface area contributed by atoms with Crippen LogP contribution in [0.15, 0.2) is 24.3 Å². The summed E-state index contributed by atoms with van der Waals surface area (Å²) in [6, 6.07) is 9.19. The Kier molecular flexibility index (Phi) is 5.18.